The summed E-state index contributed by atoms with van der Waals surface area (Å²) >= 11 is 0. The van der Waals surface area contributed by atoms with E-state index in [1.54, 1.807) is 0 Å². The first-order valence-corrected chi connectivity index (χ1v) is 7.58. The van der Waals surface area contributed by atoms with Crippen molar-refractivity contribution in [2.45, 2.75) is 57.5 Å². The lowest BCUT2D eigenvalue weighted by atomic mass is 10.1. The molecule has 0 amide bonds. The van der Waals surface area contributed by atoms with Gasteiger partial charge in [-0.15, -0.1) is 0 Å². The molecule has 3 nitrogen and oxygen atoms in total. The molecular weight excluding hydrogens is 234 g/mol. The topological polar surface area (TPSA) is 28.2 Å². The Morgan fingerprint density at radius 1 is 1.21 bits per heavy atom. The SMILES string of the molecule is CNC(C)c1ccc(N(C)C2CCCCCC2)cn1. The summed E-state index contributed by atoms with van der Waals surface area (Å²) in [5, 5.41) is 3.23. The first-order chi connectivity index (χ1) is 9.22. The van der Waals surface area contributed by atoms with Gasteiger partial charge in [0, 0.05) is 19.1 Å². The van der Waals surface area contributed by atoms with Crippen LogP contribution in [0.15, 0.2) is 18.3 Å². The van der Waals surface area contributed by atoms with E-state index in [4.69, 9.17) is 0 Å². The van der Waals surface area contributed by atoms with Crippen molar-refractivity contribution in [3.63, 3.8) is 0 Å². The third kappa shape index (κ3) is 3.69. The second-order valence-corrected chi connectivity index (χ2v) is 5.71. The van der Waals surface area contributed by atoms with E-state index < -0.39 is 0 Å². The first kappa shape index (κ1) is 14.3. The molecule has 0 spiro atoms. The normalized spacial score (nSPS) is 18.9. The molecule has 1 aliphatic carbocycles. The van der Waals surface area contributed by atoms with E-state index in [2.05, 4.69) is 41.3 Å². The van der Waals surface area contributed by atoms with E-state index in [9.17, 15) is 0 Å². The van der Waals surface area contributed by atoms with Gasteiger partial charge in [-0.25, -0.2) is 0 Å². The second-order valence-electron chi connectivity index (χ2n) is 5.71. The highest BCUT2D eigenvalue weighted by atomic mass is 15.1. The fourth-order valence-corrected chi connectivity index (χ4v) is 2.87. The van der Waals surface area contributed by atoms with Gasteiger partial charge < -0.3 is 10.2 Å². The highest BCUT2D eigenvalue weighted by Gasteiger charge is 2.17. The van der Waals surface area contributed by atoms with Gasteiger partial charge in [-0.1, -0.05) is 25.7 Å². The number of hydrogen-bond donors (Lipinski definition) is 1. The summed E-state index contributed by atoms with van der Waals surface area (Å²) in [7, 11) is 4.19. The molecule has 1 atom stereocenters. The summed E-state index contributed by atoms with van der Waals surface area (Å²) in [6, 6.07) is 5.36. The summed E-state index contributed by atoms with van der Waals surface area (Å²) in [4.78, 5) is 7.01. The Balaban J connectivity index is 2.03. The molecule has 2 rings (SSSR count). The molecule has 3 heteroatoms. The van der Waals surface area contributed by atoms with Gasteiger partial charge in [0.1, 0.15) is 0 Å². The van der Waals surface area contributed by atoms with E-state index in [0.717, 1.165) is 5.69 Å². The molecule has 1 saturated carbocycles. The minimum Gasteiger partial charge on any atom is -0.370 e. The largest absolute Gasteiger partial charge is 0.370 e. The molecule has 1 heterocycles. The number of anilines is 1. The van der Waals surface area contributed by atoms with Crippen LogP contribution in [-0.4, -0.2) is 25.1 Å². The van der Waals surface area contributed by atoms with Gasteiger partial charge in [-0.2, -0.15) is 0 Å². The summed E-state index contributed by atoms with van der Waals surface area (Å²) in [6.45, 7) is 2.14. The zero-order valence-corrected chi connectivity index (χ0v) is 12.5. The Hall–Kier alpha value is -1.09. The molecule has 0 saturated heterocycles. The van der Waals surface area contributed by atoms with Crippen LogP contribution in [0, 0.1) is 0 Å². The molecule has 0 aromatic carbocycles. The Morgan fingerprint density at radius 3 is 2.42 bits per heavy atom. The maximum Gasteiger partial charge on any atom is 0.0571 e. The predicted octanol–water partition coefficient (Wildman–Crippen LogP) is 3.52. The standard InChI is InChI=1S/C16H27N3/c1-13(17-2)16-11-10-15(12-18-16)19(3)14-8-6-4-5-7-9-14/h10-14,17H,4-9H2,1-3H3. The van der Waals surface area contributed by atoms with Crippen LogP contribution in [0.2, 0.25) is 0 Å². The predicted molar refractivity (Wildman–Crippen MR) is 81.6 cm³/mol. The lowest BCUT2D eigenvalue weighted by Crippen LogP contribution is -2.31. The molecule has 19 heavy (non-hydrogen) atoms. The number of aromatic nitrogens is 1. The van der Waals surface area contributed by atoms with Crippen LogP contribution in [-0.2, 0) is 0 Å². The zero-order chi connectivity index (χ0) is 13.7. The molecule has 0 aliphatic heterocycles. The van der Waals surface area contributed by atoms with Crippen LogP contribution < -0.4 is 10.2 Å². The van der Waals surface area contributed by atoms with Crippen molar-refractivity contribution in [3.05, 3.63) is 24.0 Å². The van der Waals surface area contributed by atoms with E-state index in [0.29, 0.717) is 12.1 Å². The highest BCUT2D eigenvalue weighted by Crippen LogP contribution is 2.25. The van der Waals surface area contributed by atoms with Crippen molar-refractivity contribution >= 4 is 5.69 Å². The Kier molecular flexibility index (Phi) is 5.20. The van der Waals surface area contributed by atoms with Crippen LogP contribution >= 0.6 is 0 Å². The fourth-order valence-electron chi connectivity index (χ4n) is 2.87. The van der Waals surface area contributed by atoms with Crippen molar-refractivity contribution in [2.24, 2.45) is 0 Å². The summed E-state index contributed by atoms with van der Waals surface area (Å²) < 4.78 is 0. The van der Waals surface area contributed by atoms with Gasteiger partial charge in [0.25, 0.3) is 0 Å². The first-order valence-electron chi connectivity index (χ1n) is 7.58. The quantitative estimate of drug-likeness (QED) is 0.841. The molecule has 1 aromatic rings. The molecule has 106 valence electrons. The number of nitrogens with one attached hydrogen (secondary N) is 1. The van der Waals surface area contributed by atoms with Crippen LogP contribution in [0.4, 0.5) is 5.69 Å². The van der Waals surface area contributed by atoms with Crippen molar-refractivity contribution in [1.29, 1.82) is 0 Å². The van der Waals surface area contributed by atoms with Gasteiger partial charge in [0.2, 0.25) is 0 Å². The molecule has 1 aliphatic rings. The molecule has 0 radical (unpaired) electrons. The van der Waals surface area contributed by atoms with Crippen molar-refractivity contribution in [2.75, 3.05) is 19.0 Å². The number of rotatable bonds is 4. The maximum atomic E-state index is 4.58. The van der Waals surface area contributed by atoms with Crippen LogP contribution in [0.3, 0.4) is 0 Å². The zero-order valence-electron chi connectivity index (χ0n) is 12.5. The van der Waals surface area contributed by atoms with E-state index >= 15 is 0 Å². The molecule has 1 N–H and O–H groups in total. The van der Waals surface area contributed by atoms with Gasteiger partial charge in [-0.05, 0) is 38.9 Å². The van der Waals surface area contributed by atoms with Crippen molar-refractivity contribution < 1.29 is 0 Å². The summed E-state index contributed by atoms with van der Waals surface area (Å²) in [5.41, 5.74) is 2.36. The summed E-state index contributed by atoms with van der Waals surface area (Å²) in [6.07, 6.45) is 10.2. The smallest absolute Gasteiger partial charge is 0.0571 e. The monoisotopic (exact) mass is 261 g/mol. The Labute approximate surface area is 117 Å². The number of hydrogen-bond acceptors (Lipinski definition) is 3. The number of nitrogens with zero attached hydrogens (tertiary/aromatic N) is 2. The fraction of sp³-hybridized carbons (Fsp3) is 0.688. The average Bonchev–Trinajstić information content (AvgIpc) is 2.75. The maximum absolute atomic E-state index is 4.58. The molecule has 1 fully saturated rings. The van der Waals surface area contributed by atoms with E-state index in [1.165, 1.54) is 44.2 Å². The average molecular weight is 261 g/mol. The van der Waals surface area contributed by atoms with E-state index in [-0.39, 0.29) is 0 Å². The molecule has 1 unspecified atom stereocenters. The minimum atomic E-state index is 0.317. The van der Waals surface area contributed by atoms with Crippen LogP contribution in [0.25, 0.3) is 0 Å². The minimum absolute atomic E-state index is 0.317. The second kappa shape index (κ2) is 6.90. The molecular formula is C16H27N3. The van der Waals surface area contributed by atoms with Gasteiger partial charge in [0.15, 0.2) is 0 Å². The van der Waals surface area contributed by atoms with Gasteiger partial charge >= 0.3 is 0 Å². The summed E-state index contributed by atoms with van der Waals surface area (Å²) in [5.74, 6) is 0. The Bertz CT molecular complexity index is 366. The van der Waals surface area contributed by atoms with E-state index in [1.807, 2.05) is 13.2 Å². The van der Waals surface area contributed by atoms with Crippen LogP contribution in [0.1, 0.15) is 57.2 Å². The van der Waals surface area contributed by atoms with Crippen molar-refractivity contribution in [3.8, 4) is 0 Å². The Morgan fingerprint density at radius 2 is 1.89 bits per heavy atom. The molecule has 0 bridgehead atoms. The lowest BCUT2D eigenvalue weighted by Gasteiger charge is -2.29. The third-order valence-electron chi connectivity index (χ3n) is 4.43. The molecule has 1 aromatic heterocycles. The van der Waals surface area contributed by atoms with Crippen molar-refractivity contribution in [1.82, 2.24) is 10.3 Å². The lowest BCUT2D eigenvalue weighted by molar-refractivity contribution is 0.552. The van der Waals surface area contributed by atoms with Gasteiger partial charge in [-0.3, -0.25) is 4.98 Å². The highest BCUT2D eigenvalue weighted by molar-refractivity contribution is 5.45. The number of pyridine rings is 1. The third-order valence-corrected chi connectivity index (χ3v) is 4.43. The van der Waals surface area contributed by atoms with Crippen LogP contribution in [0.5, 0.6) is 0 Å². The van der Waals surface area contributed by atoms with Gasteiger partial charge in [0.05, 0.1) is 17.6 Å².